The van der Waals surface area contributed by atoms with E-state index >= 15 is 0 Å². The molecule has 1 unspecified atom stereocenters. The van der Waals surface area contributed by atoms with Gasteiger partial charge in [-0.25, -0.2) is 0 Å². The van der Waals surface area contributed by atoms with E-state index in [0.717, 1.165) is 42.9 Å². The Morgan fingerprint density at radius 1 is 1.03 bits per heavy atom. The number of nitrogens with zero attached hydrogens (tertiary/aromatic N) is 2. The zero-order valence-corrected chi connectivity index (χ0v) is 17.1. The maximum atomic E-state index is 13.0. The number of piperidine rings is 2. The second kappa shape index (κ2) is 8.49. The Hall–Kier alpha value is -3.23. The third-order valence-corrected chi connectivity index (χ3v) is 6.41. The maximum Gasteiger partial charge on any atom is 0.303 e. The van der Waals surface area contributed by atoms with Crippen LogP contribution in [0.4, 0.5) is 5.69 Å². The van der Waals surface area contributed by atoms with E-state index < -0.39 is 35.6 Å². The Morgan fingerprint density at radius 3 is 2.42 bits per heavy atom. The number of carbonyl (C=O) groups is 5. The molecule has 4 amide bonds. The number of benzene rings is 1. The summed E-state index contributed by atoms with van der Waals surface area (Å²) < 4.78 is 0. The summed E-state index contributed by atoms with van der Waals surface area (Å²) in [5.41, 5.74) is 1.42. The first-order valence-electron chi connectivity index (χ1n) is 10.7. The third-order valence-electron chi connectivity index (χ3n) is 6.41. The van der Waals surface area contributed by atoms with Crippen molar-refractivity contribution >= 4 is 35.3 Å². The Balaban J connectivity index is 1.43. The van der Waals surface area contributed by atoms with Crippen molar-refractivity contribution in [2.24, 2.45) is 5.92 Å². The van der Waals surface area contributed by atoms with Gasteiger partial charge in [-0.2, -0.15) is 0 Å². The van der Waals surface area contributed by atoms with Crippen LogP contribution in [0.3, 0.4) is 0 Å². The van der Waals surface area contributed by atoms with Crippen LogP contribution in [0.15, 0.2) is 18.2 Å². The number of hydrogen-bond donors (Lipinski definition) is 2. The number of carboxylic acids is 1. The van der Waals surface area contributed by atoms with Crippen LogP contribution in [-0.4, -0.2) is 58.7 Å². The molecule has 4 rings (SSSR count). The van der Waals surface area contributed by atoms with E-state index in [-0.39, 0.29) is 30.4 Å². The molecule has 3 aliphatic rings. The van der Waals surface area contributed by atoms with E-state index in [1.54, 1.807) is 12.1 Å². The fourth-order valence-corrected chi connectivity index (χ4v) is 4.68. The lowest BCUT2D eigenvalue weighted by molar-refractivity contribution is -0.138. The van der Waals surface area contributed by atoms with Crippen LogP contribution in [0.1, 0.15) is 65.7 Å². The van der Waals surface area contributed by atoms with E-state index in [4.69, 9.17) is 5.11 Å². The number of imide groups is 2. The summed E-state index contributed by atoms with van der Waals surface area (Å²) in [5.74, 6) is -2.28. The van der Waals surface area contributed by atoms with E-state index in [1.165, 1.54) is 0 Å². The first kappa shape index (κ1) is 21.0. The lowest BCUT2D eigenvalue weighted by atomic mass is 9.91. The molecule has 0 aliphatic carbocycles. The van der Waals surface area contributed by atoms with Gasteiger partial charge in [0.25, 0.3) is 11.8 Å². The van der Waals surface area contributed by atoms with Crippen LogP contribution in [-0.2, 0) is 14.4 Å². The highest BCUT2D eigenvalue weighted by molar-refractivity contribution is 6.23. The van der Waals surface area contributed by atoms with Crippen molar-refractivity contribution in [1.29, 1.82) is 0 Å². The maximum absolute atomic E-state index is 13.0. The number of anilines is 1. The molecule has 1 aromatic carbocycles. The summed E-state index contributed by atoms with van der Waals surface area (Å²) >= 11 is 0. The van der Waals surface area contributed by atoms with Crippen LogP contribution >= 0.6 is 0 Å². The van der Waals surface area contributed by atoms with E-state index in [0.29, 0.717) is 12.3 Å². The average molecular weight is 427 g/mol. The molecular weight excluding hydrogens is 402 g/mol. The van der Waals surface area contributed by atoms with Gasteiger partial charge in [0.1, 0.15) is 6.04 Å². The van der Waals surface area contributed by atoms with Crippen molar-refractivity contribution < 1.29 is 29.1 Å². The second-order valence-corrected chi connectivity index (χ2v) is 8.39. The molecule has 0 radical (unpaired) electrons. The first-order chi connectivity index (χ1) is 14.8. The summed E-state index contributed by atoms with van der Waals surface area (Å²) in [6.45, 7) is 1.60. The van der Waals surface area contributed by atoms with Crippen LogP contribution in [0.2, 0.25) is 0 Å². The molecule has 0 saturated carbocycles. The molecule has 164 valence electrons. The average Bonchev–Trinajstić information content (AvgIpc) is 2.98. The molecule has 2 N–H and O–H groups in total. The fraction of sp³-hybridized carbons (Fsp3) is 0.500. The summed E-state index contributed by atoms with van der Waals surface area (Å²) in [4.78, 5) is 63.2. The predicted molar refractivity (Wildman–Crippen MR) is 110 cm³/mol. The Morgan fingerprint density at radius 2 is 1.74 bits per heavy atom. The Bertz CT molecular complexity index is 951. The number of carboxylic acid groups (broad SMARTS) is 1. The zero-order valence-electron chi connectivity index (χ0n) is 17.1. The highest BCUT2D eigenvalue weighted by atomic mass is 16.4. The van der Waals surface area contributed by atoms with Crippen LogP contribution < -0.4 is 10.2 Å². The van der Waals surface area contributed by atoms with Gasteiger partial charge in [-0.3, -0.25) is 34.2 Å². The van der Waals surface area contributed by atoms with E-state index in [1.807, 2.05) is 6.07 Å². The molecule has 1 aromatic rings. The quantitative estimate of drug-likeness (QED) is 0.660. The number of rotatable bonds is 6. The molecule has 9 heteroatoms. The molecule has 1 atom stereocenters. The summed E-state index contributed by atoms with van der Waals surface area (Å²) in [7, 11) is 0. The van der Waals surface area contributed by atoms with Gasteiger partial charge >= 0.3 is 5.97 Å². The van der Waals surface area contributed by atoms with Gasteiger partial charge < -0.3 is 10.0 Å². The molecule has 9 nitrogen and oxygen atoms in total. The monoisotopic (exact) mass is 427 g/mol. The van der Waals surface area contributed by atoms with E-state index in [2.05, 4.69) is 10.2 Å². The van der Waals surface area contributed by atoms with Crippen LogP contribution in [0.25, 0.3) is 0 Å². The molecule has 0 bridgehead atoms. The first-order valence-corrected chi connectivity index (χ1v) is 10.7. The smallest absolute Gasteiger partial charge is 0.303 e. The molecule has 3 heterocycles. The van der Waals surface area contributed by atoms with Gasteiger partial charge in [0.2, 0.25) is 11.8 Å². The lowest BCUT2D eigenvalue weighted by Crippen LogP contribution is -2.54. The van der Waals surface area contributed by atoms with Crippen molar-refractivity contribution in [3.05, 3.63) is 29.3 Å². The molecule has 0 aromatic heterocycles. The number of hydrogen-bond acceptors (Lipinski definition) is 6. The number of carbonyl (C=O) groups excluding carboxylic acids is 4. The third kappa shape index (κ3) is 4.17. The van der Waals surface area contributed by atoms with Crippen molar-refractivity contribution in [2.75, 3.05) is 18.0 Å². The molecule has 2 fully saturated rings. The van der Waals surface area contributed by atoms with Crippen LogP contribution in [0, 0.1) is 5.92 Å². The van der Waals surface area contributed by atoms with E-state index in [9.17, 15) is 24.0 Å². The summed E-state index contributed by atoms with van der Waals surface area (Å²) in [6, 6.07) is 4.21. The van der Waals surface area contributed by atoms with Gasteiger partial charge in [0, 0.05) is 31.6 Å². The number of nitrogens with one attached hydrogen (secondary N) is 1. The fourth-order valence-electron chi connectivity index (χ4n) is 4.68. The van der Waals surface area contributed by atoms with Crippen molar-refractivity contribution in [3.63, 3.8) is 0 Å². The van der Waals surface area contributed by atoms with Gasteiger partial charge in [0.15, 0.2) is 0 Å². The van der Waals surface area contributed by atoms with Gasteiger partial charge in [-0.1, -0.05) is 0 Å². The molecule has 31 heavy (non-hydrogen) atoms. The minimum atomic E-state index is -0.963. The second-order valence-electron chi connectivity index (χ2n) is 8.39. The molecule has 3 aliphatic heterocycles. The number of aliphatic carboxylic acids is 1. The molecule has 2 saturated heterocycles. The van der Waals surface area contributed by atoms with Crippen molar-refractivity contribution in [2.45, 2.75) is 51.0 Å². The number of amides is 4. The predicted octanol–water partition coefficient (Wildman–Crippen LogP) is 1.56. The van der Waals surface area contributed by atoms with Gasteiger partial charge in [-0.15, -0.1) is 0 Å². The van der Waals surface area contributed by atoms with Crippen molar-refractivity contribution in [3.8, 4) is 0 Å². The van der Waals surface area contributed by atoms with Crippen LogP contribution in [0.5, 0.6) is 0 Å². The Labute approximate surface area is 179 Å². The molecule has 0 spiro atoms. The van der Waals surface area contributed by atoms with Gasteiger partial charge in [0.05, 0.1) is 11.1 Å². The topological polar surface area (TPSA) is 124 Å². The zero-order chi connectivity index (χ0) is 22.1. The highest BCUT2D eigenvalue weighted by Gasteiger charge is 2.44. The summed E-state index contributed by atoms with van der Waals surface area (Å²) in [6.07, 6.45) is 3.92. The summed E-state index contributed by atoms with van der Waals surface area (Å²) in [5, 5.41) is 11.0. The minimum Gasteiger partial charge on any atom is -0.481 e. The number of fused-ring (bicyclic) bond motifs is 1. The largest absolute Gasteiger partial charge is 0.481 e. The van der Waals surface area contributed by atoms with Crippen molar-refractivity contribution in [1.82, 2.24) is 10.2 Å². The van der Waals surface area contributed by atoms with Gasteiger partial charge in [-0.05, 0) is 56.2 Å². The highest BCUT2D eigenvalue weighted by Crippen LogP contribution is 2.32. The molecular formula is C22H25N3O6. The normalized spacial score (nSPS) is 22.0. The Kier molecular flexibility index (Phi) is 5.75. The minimum absolute atomic E-state index is 0.0937. The SMILES string of the molecule is O=C(O)CCCC1CCN(c2ccc3c(c2)C(=O)N(C2CCC(=O)NC2=O)C3=O)CC1. The standard InChI is InChI=1S/C22H25N3O6/c26-18-7-6-17(20(29)23-18)25-21(30)15-5-4-14(12-16(15)22(25)31)24-10-8-13(9-11-24)2-1-3-19(27)28/h4-5,12-13,17H,1-3,6-11H2,(H,27,28)(H,23,26,29). The lowest BCUT2D eigenvalue weighted by Gasteiger charge is -2.33.